The van der Waals surface area contributed by atoms with E-state index >= 15 is 0 Å². The number of para-hydroxylation sites is 1. The standard InChI is InChI=1S/C17H17N3O2/c1-22-14-8-6-13(7-9-14)16(21)19-17(18)20-11-10-12-4-2-3-5-15(12)20/h2-9H,10-11H2,1H3,(H2,18,19,21). The van der Waals surface area contributed by atoms with Gasteiger partial charge in [0.15, 0.2) is 0 Å². The van der Waals surface area contributed by atoms with Gasteiger partial charge in [-0.1, -0.05) is 18.2 Å². The van der Waals surface area contributed by atoms with Crippen LogP contribution in [-0.4, -0.2) is 25.5 Å². The lowest BCUT2D eigenvalue weighted by Gasteiger charge is -2.20. The summed E-state index contributed by atoms with van der Waals surface area (Å²) in [6, 6.07) is 14.8. The molecule has 2 aromatic rings. The van der Waals surface area contributed by atoms with Crippen molar-refractivity contribution in [1.82, 2.24) is 5.32 Å². The number of amides is 1. The zero-order valence-electron chi connectivity index (χ0n) is 12.3. The number of ether oxygens (including phenoxy) is 1. The number of carbonyl (C=O) groups is 1. The molecular formula is C17H17N3O2. The van der Waals surface area contributed by atoms with Gasteiger partial charge in [0, 0.05) is 17.8 Å². The van der Waals surface area contributed by atoms with Gasteiger partial charge < -0.3 is 9.64 Å². The molecular weight excluding hydrogens is 278 g/mol. The minimum Gasteiger partial charge on any atom is -0.497 e. The van der Waals surface area contributed by atoms with E-state index in [4.69, 9.17) is 10.1 Å². The maximum absolute atomic E-state index is 12.2. The maximum Gasteiger partial charge on any atom is 0.257 e. The lowest BCUT2D eigenvalue weighted by Crippen LogP contribution is -2.42. The Kier molecular flexibility index (Phi) is 3.78. The number of anilines is 1. The Morgan fingerprint density at radius 2 is 1.91 bits per heavy atom. The fraction of sp³-hybridized carbons (Fsp3) is 0.176. The normalized spacial score (nSPS) is 12.7. The number of hydrogen-bond acceptors (Lipinski definition) is 3. The van der Waals surface area contributed by atoms with E-state index in [1.807, 2.05) is 29.2 Å². The minimum absolute atomic E-state index is 0.103. The number of methoxy groups -OCH3 is 1. The summed E-state index contributed by atoms with van der Waals surface area (Å²) in [5, 5.41) is 10.8. The van der Waals surface area contributed by atoms with E-state index in [1.165, 1.54) is 5.56 Å². The average molecular weight is 295 g/mol. The van der Waals surface area contributed by atoms with Crippen LogP contribution in [0.15, 0.2) is 48.5 Å². The summed E-state index contributed by atoms with van der Waals surface area (Å²) in [4.78, 5) is 14.0. The summed E-state index contributed by atoms with van der Waals surface area (Å²) >= 11 is 0. The molecule has 0 saturated heterocycles. The van der Waals surface area contributed by atoms with Gasteiger partial charge in [-0.25, -0.2) is 0 Å². The van der Waals surface area contributed by atoms with E-state index < -0.39 is 0 Å². The van der Waals surface area contributed by atoms with E-state index in [9.17, 15) is 4.79 Å². The van der Waals surface area contributed by atoms with Crippen molar-refractivity contribution in [3.05, 3.63) is 59.7 Å². The van der Waals surface area contributed by atoms with Crippen molar-refractivity contribution in [2.75, 3.05) is 18.6 Å². The molecule has 2 aromatic carbocycles. The molecule has 1 aliphatic heterocycles. The van der Waals surface area contributed by atoms with E-state index in [0.717, 1.165) is 12.1 Å². The van der Waals surface area contributed by atoms with Crippen LogP contribution >= 0.6 is 0 Å². The molecule has 5 nitrogen and oxygen atoms in total. The highest BCUT2D eigenvalue weighted by atomic mass is 16.5. The Morgan fingerprint density at radius 1 is 1.18 bits per heavy atom. The molecule has 5 heteroatoms. The van der Waals surface area contributed by atoms with Crippen LogP contribution in [0.4, 0.5) is 5.69 Å². The highest BCUT2D eigenvalue weighted by molar-refractivity contribution is 6.10. The summed E-state index contributed by atoms with van der Waals surface area (Å²) in [6.45, 7) is 0.709. The molecule has 0 radical (unpaired) electrons. The van der Waals surface area contributed by atoms with Gasteiger partial charge in [-0.15, -0.1) is 0 Å². The summed E-state index contributed by atoms with van der Waals surface area (Å²) in [6.07, 6.45) is 0.886. The highest BCUT2D eigenvalue weighted by Crippen LogP contribution is 2.27. The van der Waals surface area contributed by atoms with Gasteiger partial charge in [0.05, 0.1) is 7.11 Å². The van der Waals surface area contributed by atoms with Crippen LogP contribution in [-0.2, 0) is 6.42 Å². The van der Waals surface area contributed by atoms with Crippen LogP contribution in [0.25, 0.3) is 0 Å². The van der Waals surface area contributed by atoms with Gasteiger partial charge in [-0.2, -0.15) is 0 Å². The molecule has 1 amide bonds. The predicted molar refractivity (Wildman–Crippen MR) is 85.7 cm³/mol. The summed E-state index contributed by atoms with van der Waals surface area (Å²) < 4.78 is 5.07. The Balaban J connectivity index is 1.70. The molecule has 0 spiro atoms. The van der Waals surface area contributed by atoms with Crippen LogP contribution in [0.2, 0.25) is 0 Å². The molecule has 0 fully saturated rings. The minimum atomic E-state index is -0.294. The topological polar surface area (TPSA) is 65.4 Å². The molecule has 0 unspecified atom stereocenters. The quantitative estimate of drug-likeness (QED) is 0.660. The molecule has 0 aliphatic carbocycles. The van der Waals surface area contributed by atoms with Crippen molar-refractivity contribution in [2.24, 2.45) is 0 Å². The lowest BCUT2D eigenvalue weighted by molar-refractivity contribution is 0.0976. The summed E-state index contributed by atoms with van der Waals surface area (Å²) in [7, 11) is 1.58. The number of benzene rings is 2. The van der Waals surface area contributed by atoms with Gasteiger partial charge in [0.25, 0.3) is 5.91 Å². The first kappa shape index (κ1) is 14.1. The maximum atomic E-state index is 12.2. The fourth-order valence-electron chi connectivity index (χ4n) is 2.56. The molecule has 1 heterocycles. The third-order valence-corrected chi connectivity index (χ3v) is 3.74. The van der Waals surface area contributed by atoms with E-state index in [0.29, 0.717) is 17.9 Å². The third-order valence-electron chi connectivity index (χ3n) is 3.74. The molecule has 3 rings (SSSR count). The Labute approximate surface area is 129 Å². The average Bonchev–Trinajstić information content (AvgIpc) is 2.99. The molecule has 0 saturated carbocycles. The monoisotopic (exact) mass is 295 g/mol. The van der Waals surface area contributed by atoms with Crippen LogP contribution in [0.3, 0.4) is 0 Å². The van der Waals surface area contributed by atoms with Crippen LogP contribution in [0, 0.1) is 5.41 Å². The van der Waals surface area contributed by atoms with Gasteiger partial charge in [-0.05, 0) is 42.3 Å². The van der Waals surface area contributed by atoms with Gasteiger partial charge in [0.2, 0.25) is 5.96 Å². The van der Waals surface area contributed by atoms with Gasteiger partial charge >= 0.3 is 0 Å². The van der Waals surface area contributed by atoms with Crippen LogP contribution in [0.5, 0.6) is 5.75 Å². The first-order valence-corrected chi connectivity index (χ1v) is 7.08. The van der Waals surface area contributed by atoms with Crippen molar-refractivity contribution in [1.29, 1.82) is 5.41 Å². The zero-order valence-corrected chi connectivity index (χ0v) is 12.3. The Bertz CT molecular complexity index is 710. The van der Waals surface area contributed by atoms with E-state index in [1.54, 1.807) is 31.4 Å². The second-order valence-corrected chi connectivity index (χ2v) is 5.06. The number of rotatable bonds is 2. The number of nitrogens with zero attached hydrogens (tertiary/aromatic N) is 1. The predicted octanol–water partition coefficient (Wildman–Crippen LogP) is 2.42. The number of carbonyl (C=O) groups excluding carboxylic acids is 1. The summed E-state index contributed by atoms with van der Waals surface area (Å²) in [5.41, 5.74) is 2.69. The SMILES string of the molecule is COc1ccc(C(=O)NC(=N)N2CCc3ccccc32)cc1. The van der Waals surface area contributed by atoms with Gasteiger partial charge in [-0.3, -0.25) is 15.5 Å². The van der Waals surface area contributed by atoms with Crippen molar-refractivity contribution < 1.29 is 9.53 Å². The molecule has 22 heavy (non-hydrogen) atoms. The smallest absolute Gasteiger partial charge is 0.257 e. The van der Waals surface area contributed by atoms with Crippen molar-refractivity contribution >= 4 is 17.6 Å². The zero-order chi connectivity index (χ0) is 15.5. The van der Waals surface area contributed by atoms with E-state index in [2.05, 4.69) is 5.32 Å². The molecule has 2 N–H and O–H groups in total. The van der Waals surface area contributed by atoms with Gasteiger partial charge in [0.1, 0.15) is 5.75 Å². The first-order valence-electron chi connectivity index (χ1n) is 7.08. The van der Waals surface area contributed by atoms with Crippen LogP contribution < -0.4 is 15.0 Å². The Hall–Kier alpha value is -2.82. The largest absolute Gasteiger partial charge is 0.497 e. The number of guanidine groups is 1. The summed E-state index contributed by atoms with van der Waals surface area (Å²) in [5.74, 6) is 0.503. The van der Waals surface area contributed by atoms with E-state index in [-0.39, 0.29) is 11.9 Å². The number of nitrogens with one attached hydrogen (secondary N) is 2. The second kappa shape index (κ2) is 5.89. The highest BCUT2D eigenvalue weighted by Gasteiger charge is 2.23. The molecule has 0 aromatic heterocycles. The second-order valence-electron chi connectivity index (χ2n) is 5.06. The number of hydrogen-bond donors (Lipinski definition) is 2. The molecule has 0 bridgehead atoms. The molecule has 112 valence electrons. The third kappa shape index (κ3) is 2.65. The lowest BCUT2D eigenvalue weighted by atomic mass is 10.2. The molecule has 0 atom stereocenters. The van der Waals surface area contributed by atoms with Crippen LogP contribution in [0.1, 0.15) is 15.9 Å². The Morgan fingerprint density at radius 3 is 2.64 bits per heavy atom. The number of fused-ring (bicyclic) bond motifs is 1. The van der Waals surface area contributed by atoms with Crippen molar-refractivity contribution in [3.8, 4) is 5.75 Å². The first-order chi connectivity index (χ1) is 10.7. The van der Waals surface area contributed by atoms with Crippen molar-refractivity contribution in [3.63, 3.8) is 0 Å². The molecule has 1 aliphatic rings. The van der Waals surface area contributed by atoms with Crippen molar-refractivity contribution in [2.45, 2.75) is 6.42 Å². The fourth-order valence-corrected chi connectivity index (χ4v) is 2.56.